The first kappa shape index (κ1) is 13.9. The summed E-state index contributed by atoms with van der Waals surface area (Å²) in [6.07, 6.45) is 0. The largest absolute Gasteiger partial charge is 0.478 e. The number of benzene rings is 1. The average Bonchev–Trinajstić information content (AvgIpc) is 2.89. The van der Waals surface area contributed by atoms with Gasteiger partial charge in [-0.1, -0.05) is 29.8 Å². The van der Waals surface area contributed by atoms with Crippen LogP contribution < -0.4 is 5.32 Å². The van der Waals surface area contributed by atoms with E-state index >= 15 is 0 Å². The highest BCUT2D eigenvalue weighted by atomic mass is 35.5. The third-order valence-electron chi connectivity index (χ3n) is 3.02. The maximum Gasteiger partial charge on any atom is 0.336 e. The molecule has 1 aromatic carbocycles. The van der Waals surface area contributed by atoms with Crippen LogP contribution in [0.3, 0.4) is 0 Å². The minimum Gasteiger partial charge on any atom is -0.478 e. The van der Waals surface area contributed by atoms with E-state index in [0.29, 0.717) is 23.3 Å². The Morgan fingerprint density at radius 2 is 2.10 bits per heavy atom. The quantitative estimate of drug-likeness (QED) is 0.754. The number of fused-ring (bicyclic) bond motifs is 1. The molecule has 0 aliphatic rings. The molecule has 0 spiro atoms. The van der Waals surface area contributed by atoms with Gasteiger partial charge in [0, 0.05) is 10.3 Å². The number of carboxylic acid groups (broad SMARTS) is 1. The SMILES string of the molecule is O=C(O)c1cc(NCc2ccc(Cl)s2)nc2ccccc12. The average molecular weight is 319 g/mol. The zero-order chi connectivity index (χ0) is 14.8. The maximum atomic E-state index is 11.4. The first-order valence-electron chi connectivity index (χ1n) is 6.24. The number of para-hydroxylation sites is 1. The van der Waals surface area contributed by atoms with Crippen LogP contribution in [0.1, 0.15) is 15.2 Å². The molecular weight excluding hydrogens is 308 g/mol. The molecule has 21 heavy (non-hydrogen) atoms. The Balaban J connectivity index is 1.93. The van der Waals surface area contributed by atoms with Gasteiger partial charge in [0.1, 0.15) is 5.82 Å². The molecule has 2 heterocycles. The summed E-state index contributed by atoms with van der Waals surface area (Å²) in [5.41, 5.74) is 0.899. The van der Waals surface area contributed by atoms with E-state index in [0.717, 1.165) is 9.21 Å². The Bertz CT molecular complexity index is 816. The van der Waals surface area contributed by atoms with E-state index in [2.05, 4.69) is 10.3 Å². The number of hydrogen-bond acceptors (Lipinski definition) is 4. The second kappa shape index (κ2) is 5.71. The molecule has 0 aliphatic carbocycles. The third-order valence-corrected chi connectivity index (χ3v) is 4.25. The van der Waals surface area contributed by atoms with Gasteiger partial charge in [0.15, 0.2) is 0 Å². The van der Waals surface area contributed by atoms with Crippen LogP contribution in [0, 0.1) is 0 Å². The predicted molar refractivity (Wildman–Crippen MR) is 85.4 cm³/mol. The van der Waals surface area contributed by atoms with Gasteiger partial charge in [-0.15, -0.1) is 11.3 Å². The van der Waals surface area contributed by atoms with E-state index in [1.807, 2.05) is 18.2 Å². The van der Waals surface area contributed by atoms with Crippen LogP contribution >= 0.6 is 22.9 Å². The standard InChI is InChI=1S/C15H11ClN2O2S/c16-13-6-5-9(21-13)8-17-14-7-11(15(19)20)10-3-1-2-4-12(10)18-14/h1-7H,8H2,(H,17,18)(H,19,20). The van der Waals surface area contributed by atoms with Crippen molar-refractivity contribution < 1.29 is 9.90 Å². The highest BCUT2D eigenvalue weighted by Gasteiger charge is 2.11. The lowest BCUT2D eigenvalue weighted by molar-refractivity contribution is 0.0699. The highest BCUT2D eigenvalue weighted by molar-refractivity contribution is 7.16. The Morgan fingerprint density at radius 1 is 1.29 bits per heavy atom. The fourth-order valence-corrected chi connectivity index (χ4v) is 3.09. The van der Waals surface area contributed by atoms with Gasteiger partial charge in [0.05, 0.1) is 22.0 Å². The summed E-state index contributed by atoms with van der Waals surface area (Å²) < 4.78 is 0.726. The molecule has 0 saturated carbocycles. The maximum absolute atomic E-state index is 11.4. The number of rotatable bonds is 4. The number of carboxylic acids is 1. The molecule has 0 aliphatic heterocycles. The Morgan fingerprint density at radius 3 is 2.81 bits per heavy atom. The van der Waals surface area contributed by atoms with Crippen molar-refractivity contribution in [2.45, 2.75) is 6.54 Å². The van der Waals surface area contributed by atoms with Crippen molar-refractivity contribution in [3.05, 3.63) is 57.2 Å². The van der Waals surface area contributed by atoms with Crippen LogP contribution in [0.4, 0.5) is 5.82 Å². The van der Waals surface area contributed by atoms with E-state index in [4.69, 9.17) is 11.6 Å². The first-order chi connectivity index (χ1) is 10.1. The molecule has 0 radical (unpaired) electrons. The van der Waals surface area contributed by atoms with Crippen molar-refractivity contribution in [3.63, 3.8) is 0 Å². The van der Waals surface area contributed by atoms with Gasteiger partial charge in [0.25, 0.3) is 0 Å². The van der Waals surface area contributed by atoms with Crippen molar-refractivity contribution in [2.24, 2.45) is 0 Å². The molecule has 0 amide bonds. The number of nitrogens with one attached hydrogen (secondary N) is 1. The summed E-state index contributed by atoms with van der Waals surface area (Å²) >= 11 is 7.36. The van der Waals surface area contributed by atoms with Crippen molar-refractivity contribution >= 4 is 45.6 Å². The molecule has 0 bridgehead atoms. The van der Waals surface area contributed by atoms with E-state index in [9.17, 15) is 9.90 Å². The van der Waals surface area contributed by atoms with Crippen LogP contribution in [0.2, 0.25) is 4.34 Å². The molecule has 0 unspecified atom stereocenters. The zero-order valence-corrected chi connectivity index (χ0v) is 12.4. The Hall–Kier alpha value is -2.11. The summed E-state index contributed by atoms with van der Waals surface area (Å²) in [5.74, 6) is -0.425. The topological polar surface area (TPSA) is 62.2 Å². The van der Waals surface area contributed by atoms with E-state index in [1.165, 1.54) is 11.3 Å². The molecule has 3 aromatic rings. The van der Waals surface area contributed by atoms with Crippen molar-refractivity contribution in [1.82, 2.24) is 4.98 Å². The van der Waals surface area contributed by atoms with Crippen molar-refractivity contribution in [1.29, 1.82) is 0 Å². The summed E-state index contributed by atoms with van der Waals surface area (Å²) in [5, 5.41) is 13.1. The van der Waals surface area contributed by atoms with Crippen LogP contribution in [-0.2, 0) is 6.54 Å². The van der Waals surface area contributed by atoms with E-state index in [-0.39, 0.29) is 5.56 Å². The lowest BCUT2D eigenvalue weighted by Gasteiger charge is -2.08. The molecule has 6 heteroatoms. The summed E-state index contributed by atoms with van der Waals surface area (Å²) in [4.78, 5) is 16.9. The van der Waals surface area contributed by atoms with Gasteiger partial charge in [-0.05, 0) is 24.3 Å². The first-order valence-corrected chi connectivity index (χ1v) is 7.44. The van der Waals surface area contributed by atoms with E-state index < -0.39 is 5.97 Å². The highest BCUT2D eigenvalue weighted by Crippen LogP contribution is 2.24. The second-order valence-electron chi connectivity index (χ2n) is 4.44. The van der Waals surface area contributed by atoms with Gasteiger partial charge < -0.3 is 10.4 Å². The fourth-order valence-electron chi connectivity index (χ4n) is 2.07. The summed E-state index contributed by atoms with van der Waals surface area (Å²) in [6.45, 7) is 0.557. The Labute approximate surface area is 130 Å². The molecule has 0 saturated heterocycles. The Kier molecular flexibility index (Phi) is 3.77. The molecule has 0 atom stereocenters. The normalized spacial score (nSPS) is 10.7. The van der Waals surface area contributed by atoms with Crippen molar-refractivity contribution in [3.8, 4) is 0 Å². The minimum atomic E-state index is -0.962. The van der Waals surface area contributed by atoms with Crippen LogP contribution in [0.15, 0.2) is 42.5 Å². The minimum absolute atomic E-state index is 0.243. The number of aromatic nitrogens is 1. The molecular formula is C15H11ClN2O2S. The van der Waals surface area contributed by atoms with Crippen LogP contribution in [0.5, 0.6) is 0 Å². The lowest BCUT2D eigenvalue weighted by atomic mass is 10.1. The number of anilines is 1. The van der Waals surface area contributed by atoms with Gasteiger partial charge >= 0.3 is 5.97 Å². The summed E-state index contributed by atoms with van der Waals surface area (Å²) in [6, 6.07) is 12.5. The predicted octanol–water partition coefficient (Wildman–Crippen LogP) is 4.26. The second-order valence-corrected chi connectivity index (χ2v) is 6.24. The molecule has 106 valence electrons. The monoisotopic (exact) mass is 318 g/mol. The lowest BCUT2D eigenvalue weighted by Crippen LogP contribution is -2.04. The number of carbonyl (C=O) groups is 1. The zero-order valence-electron chi connectivity index (χ0n) is 10.8. The van der Waals surface area contributed by atoms with E-state index in [1.54, 1.807) is 24.3 Å². The number of thiophene rings is 1. The fraction of sp³-hybridized carbons (Fsp3) is 0.0667. The van der Waals surface area contributed by atoms with Gasteiger partial charge in [-0.3, -0.25) is 0 Å². The number of hydrogen-bond donors (Lipinski definition) is 2. The van der Waals surface area contributed by atoms with Crippen molar-refractivity contribution in [2.75, 3.05) is 5.32 Å². The van der Waals surface area contributed by atoms with Crippen LogP contribution in [-0.4, -0.2) is 16.1 Å². The molecule has 0 fully saturated rings. The number of nitrogens with zero attached hydrogens (tertiary/aromatic N) is 1. The number of pyridine rings is 1. The molecule has 2 aromatic heterocycles. The molecule has 2 N–H and O–H groups in total. The number of halogens is 1. The summed E-state index contributed by atoms with van der Waals surface area (Å²) in [7, 11) is 0. The third kappa shape index (κ3) is 2.99. The van der Waals surface area contributed by atoms with Crippen LogP contribution in [0.25, 0.3) is 10.9 Å². The molecule has 3 rings (SSSR count). The smallest absolute Gasteiger partial charge is 0.336 e. The van der Waals surface area contributed by atoms with Gasteiger partial charge in [0.2, 0.25) is 0 Å². The van der Waals surface area contributed by atoms with Gasteiger partial charge in [-0.2, -0.15) is 0 Å². The molecule has 4 nitrogen and oxygen atoms in total. The van der Waals surface area contributed by atoms with Gasteiger partial charge in [-0.25, -0.2) is 9.78 Å². The number of aromatic carboxylic acids is 1.